The minimum Gasteiger partial charge on any atom is -0.301 e. The molecule has 14 heteroatoms. The molecule has 2 heterocycles. The van der Waals surface area contributed by atoms with Crippen LogP contribution in [0, 0.1) is 0 Å². The zero-order valence-electron chi connectivity index (χ0n) is 14.0. The number of nitrogens with zero attached hydrogens (tertiary/aromatic N) is 2. The van der Waals surface area contributed by atoms with Gasteiger partial charge in [0.05, 0.1) is 4.90 Å². The highest BCUT2D eigenvalue weighted by Crippen LogP contribution is 2.33. The summed E-state index contributed by atoms with van der Waals surface area (Å²) >= 11 is 0.437. The molecule has 2 rings (SSSR count). The number of pyridine rings is 1. The standard InChI is InChI=1S/C14H11F6N3O3S2/c1-12(2,10(24)23-11-22-9(6-27-11)14(18,19)20)28(25,26)7-3-4-8(21-5-7)13(15,16)17/h3-6H,1-2H3,(H,22,23,24). The summed E-state index contributed by atoms with van der Waals surface area (Å²) in [6.07, 6.45) is -9.07. The first-order chi connectivity index (χ1) is 12.6. The van der Waals surface area contributed by atoms with Gasteiger partial charge in [0, 0.05) is 11.6 Å². The van der Waals surface area contributed by atoms with E-state index in [1.165, 1.54) is 0 Å². The number of carbonyl (C=O) groups is 1. The van der Waals surface area contributed by atoms with Crippen LogP contribution >= 0.6 is 11.3 Å². The van der Waals surface area contributed by atoms with Crippen LogP contribution in [-0.4, -0.2) is 29.0 Å². The predicted octanol–water partition coefficient (Wildman–Crippen LogP) is 3.77. The fourth-order valence-corrected chi connectivity index (χ4v) is 3.87. The van der Waals surface area contributed by atoms with Crippen LogP contribution in [0.5, 0.6) is 0 Å². The molecule has 0 fully saturated rings. The molecule has 0 unspecified atom stereocenters. The number of alkyl halides is 6. The Morgan fingerprint density at radius 3 is 2.04 bits per heavy atom. The molecule has 6 nitrogen and oxygen atoms in total. The zero-order valence-corrected chi connectivity index (χ0v) is 15.6. The van der Waals surface area contributed by atoms with Gasteiger partial charge in [-0.1, -0.05) is 0 Å². The number of thiazole rings is 1. The van der Waals surface area contributed by atoms with Gasteiger partial charge in [-0.3, -0.25) is 9.78 Å². The molecule has 0 aromatic carbocycles. The molecule has 0 aliphatic rings. The van der Waals surface area contributed by atoms with Crippen molar-refractivity contribution in [2.45, 2.75) is 35.8 Å². The number of sulfone groups is 1. The predicted molar refractivity (Wildman–Crippen MR) is 86.2 cm³/mol. The van der Waals surface area contributed by atoms with Gasteiger partial charge < -0.3 is 5.32 Å². The number of nitrogens with one attached hydrogen (secondary N) is 1. The maximum absolute atomic E-state index is 12.6. The van der Waals surface area contributed by atoms with Crippen molar-refractivity contribution in [3.63, 3.8) is 0 Å². The molecule has 28 heavy (non-hydrogen) atoms. The quantitative estimate of drug-likeness (QED) is 0.721. The first-order valence-corrected chi connectivity index (χ1v) is 9.55. The third-order valence-corrected chi connectivity index (χ3v) is 6.72. The second-order valence-corrected chi connectivity index (χ2v) is 9.24. The molecule has 0 aliphatic carbocycles. The third-order valence-electron chi connectivity index (χ3n) is 3.57. The zero-order chi connectivity index (χ0) is 21.5. The summed E-state index contributed by atoms with van der Waals surface area (Å²) in [6, 6.07) is 1.09. The fraction of sp³-hybridized carbons (Fsp3) is 0.357. The highest BCUT2D eigenvalue weighted by molar-refractivity contribution is 7.93. The Bertz CT molecular complexity index is 979. The number of anilines is 1. The molecule has 0 spiro atoms. The van der Waals surface area contributed by atoms with Crippen LogP contribution in [0.15, 0.2) is 28.6 Å². The van der Waals surface area contributed by atoms with Crippen molar-refractivity contribution < 1.29 is 39.6 Å². The van der Waals surface area contributed by atoms with Gasteiger partial charge in [0.25, 0.3) is 0 Å². The summed E-state index contributed by atoms with van der Waals surface area (Å²) in [5, 5.41) is 2.13. The van der Waals surface area contributed by atoms with E-state index in [4.69, 9.17) is 0 Å². The summed E-state index contributed by atoms with van der Waals surface area (Å²) in [4.78, 5) is 17.9. The molecule has 0 radical (unpaired) electrons. The van der Waals surface area contributed by atoms with Gasteiger partial charge in [0.1, 0.15) is 10.4 Å². The molecule has 0 saturated carbocycles. The maximum atomic E-state index is 12.6. The Morgan fingerprint density at radius 2 is 1.61 bits per heavy atom. The third kappa shape index (κ3) is 4.27. The molecule has 2 aromatic rings. The average Bonchev–Trinajstić information content (AvgIpc) is 3.02. The highest BCUT2D eigenvalue weighted by atomic mass is 32.2. The normalized spacial score (nSPS) is 13.4. The molecule has 154 valence electrons. The molecule has 1 amide bonds. The van der Waals surface area contributed by atoms with Gasteiger partial charge in [-0.15, -0.1) is 11.3 Å². The van der Waals surface area contributed by atoms with Gasteiger partial charge in [0.15, 0.2) is 20.7 Å². The lowest BCUT2D eigenvalue weighted by molar-refractivity contribution is -0.141. The largest absolute Gasteiger partial charge is 0.434 e. The minimum atomic E-state index is -4.78. The van der Waals surface area contributed by atoms with E-state index < -0.39 is 54.3 Å². The second-order valence-electron chi connectivity index (χ2n) is 5.88. The van der Waals surface area contributed by atoms with E-state index in [9.17, 15) is 39.6 Å². The number of aromatic nitrogens is 2. The lowest BCUT2D eigenvalue weighted by Crippen LogP contribution is -2.44. The lowest BCUT2D eigenvalue weighted by Gasteiger charge is -2.23. The molecule has 2 aromatic heterocycles. The average molecular weight is 447 g/mol. The van der Waals surface area contributed by atoms with Gasteiger partial charge >= 0.3 is 12.4 Å². The molecular weight excluding hydrogens is 436 g/mol. The number of carbonyl (C=O) groups excluding carboxylic acids is 1. The van der Waals surface area contributed by atoms with E-state index in [0.717, 1.165) is 13.8 Å². The van der Waals surface area contributed by atoms with E-state index in [0.29, 0.717) is 35.0 Å². The Balaban J connectivity index is 2.28. The second kappa shape index (κ2) is 6.99. The monoisotopic (exact) mass is 447 g/mol. The lowest BCUT2D eigenvalue weighted by atomic mass is 10.2. The maximum Gasteiger partial charge on any atom is 0.434 e. The summed E-state index contributed by atoms with van der Waals surface area (Å²) in [5.74, 6) is -1.21. The van der Waals surface area contributed by atoms with E-state index in [-0.39, 0.29) is 0 Å². The van der Waals surface area contributed by atoms with Gasteiger partial charge in [-0.2, -0.15) is 26.3 Å². The van der Waals surface area contributed by atoms with Crippen LogP contribution in [0.4, 0.5) is 31.5 Å². The van der Waals surface area contributed by atoms with Gasteiger partial charge in [-0.05, 0) is 26.0 Å². The van der Waals surface area contributed by atoms with Crippen molar-refractivity contribution in [3.05, 3.63) is 35.1 Å². The van der Waals surface area contributed by atoms with E-state index in [2.05, 4.69) is 9.97 Å². The summed E-state index contributed by atoms with van der Waals surface area (Å²) in [6.45, 7) is 1.90. The molecule has 0 saturated heterocycles. The number of amides is 1. The number of rotatable bonds is 4. The van der Waals surface area contributed by atoms with Crippen molar-refractivity contribution >= 4 is 32.2 Å². The Morgan fingerprint density at radius 1 is 1.04 bits per heavy atom. The van der Waals surface area contributed by atoms with Crippen LogP contribution < -0.4 is 5.32 Å². The van der Waals surface area contributed by atoms with E-state index in [1.54, 1.807) is 0 Å². The van der Waals surface area contributed by atoms with Gasteiger partial charge in [-0.25, -0.2) is 13.4 Å². The number of hydrogen-bond donors (Lipinski definition) is 1. The Hall–Kier alpha value is -2.22. The molecule has 1 N–H and O–H groups in total. The van der Waals surface area contributed by atoms with Crippen molar-refractivity contribution in [1.29, 1.82) is 0 Å². The van der Waals surface area contributed by atoms with Crippen molar-refractivity contribution in [2.75, 3.05) is 5.32 Å². The number of hydrogen-bond acceptors (Lipinski definition) is 6. The first kappa shape index (κ1) is 22.1. The fourth-order valence-electron chi connectivity index (χ4n) is 1.83. The van der Waals surface area contributed by atoms with E-state index >= 15 is 0 Å². The smallest absolute Gasteiger partial charge is 0.301 e. The Kier molecular flexibility index (Phi) is 5.51. The van der Waals surface area contributed by atoms with Crippen molar-refractivity contribution in [2.24, 2.45) is 0 Å². The minimum absolute atomic E-state index is 0.437. The molecule has 0 aliphatic heterocycles. The van der Waals surface area contributed by atoms with Crippen LogP contribution in [0.25, 0.3) is 0 Å². The van der Waals surface area contributed by atoms with E-state index in [1.807, 2.05) is 5.32 Å². The highest BCUT2D eigenvalue weighted by Gasteiger charge is 2.44. The van der Waals surface area contributed by atoms with Crippen LogP contribution in [-0.2, 0) is 27.0 Å². The van der Waals surface area contributed by atoms with Gasteiger partial charge in [0.2, 0.25) is 5.91 Å². The summed E-state index contributed by atoms with van der Waals surface area (Å²) < 4.78 is 98.3. The summed E-state index contributed by atoms with van der Waals surface area (Å²) in [7, 11) is -4.53. The van der Waals surface area contributed by atoms with Crippen LogP contribution in [0.3, 0.4) is 0 Å². The molecular formula is C14H11F6N3O3S2. The number of halogens is 6. The van der Waals surface area contributed by atoms with Crippen LogP contribution in [0.2, 0.25) is 0 Å². The molecule has 0 atom stereocenters. The first-order valence-electron chi connectivity index (χ1n) is 7.19. The SMILES string of the molecule is CC(C)(C(=O)Nc1nc(C(F)(F)F)cs1)S(=O)(=O)c1ccc(C(F)(F)F)nc1. The van der Waals surface area contributed by atoms with Crippen molar-refractivity contribution in [1.82, 2.24) is 9.97 Å². The topological polar surface area (TPSA) is 89.0 Å². The van der Waals surface area contributed by atoms with Crippen molar-refractivity contribution in [3.8, 4) is 0 Å². The summed E-state index contributed by atoms with van der Waals surface area (Å²) in [5.41, 5.74) is -2.59. The molecule has 0 bridgehead atoms. The van der Waals surface area contributed by atoms with Crippen LogP contribution in [0.1, 0.15) is 25.2 Å². The Labute approximate surface area is 158 Å².